The number of aliphatic hydroxyl groups excluding tert-OH is 1. The van der Waals surface area contributed by atoms with Crippen molar-refractivity contribution in [2.75, 3.05) is 47.9 Å². The summed E-state index contributed by atoms with van der Waals surface area (Å²) in [5, 5.41) is 11.4. The minimum Gasteiger partial charge on any atom is -0.463 e. The molecule has 46 heavy (non-hydrogen) atoms. The van der Waals surface area contributed by atoms with Crippen molar-refractivity contribution >= 4 is 11.8 Å². The second-order valence-electron chi connectivity index (χ2n) is 16.2. The van der Waals surface area contributed by atoms with Crippen LogP contribution in [0.25, 0.3) is 0 Å². The quantitative estimate of drug-likeness (QED) is 0.322. The van der Waals surface area contributed by atoms with Gasteiger partial charge in [0.1, 0.15) is 18.1 Å². The lowest BCUT2D eigenvalue weighted by Gasteiger charge is -2.47. The molecule has 11 atom stereocenters. The number of aliphatic hydroxyl groups is 1. The van der Waals surface area contributed by atoms with Gasteiger partial charge in [-0.25, -0.2) is 0 Å². The summed E-state index contributed by atoms with van der Waals surface area (Å²) < 4.78 is 25.2. The van der Waals surface area contributed by atoms with E-state index >= 15 is 0 Å². The third-order valence-electron chi connectivity index (χ3n) is 11.9. The molecule has 2 bridgehead atoms. The zero-order chi connectivity index (χ0) is 34.1. The highest BCUT2D eigenvalue weighted by Gasteiger charge is 2.52. The van der Waals surface area contributed by atoms with Crippen molar-refractivity contribution in [3.63, 3.8) is 0 Å². The number of fused-ring (bicyclic) bond motifs is 2. The Morgan fingerprint density at radius 3 is 2.24 bits per heavy atom. The molecular weight excluding hydrogens is 586 g/mol. The van der Waals surface area contributed by atoms with Crippen molar-refractivity contribution in [3.05, 3.63) is 0 Å². The van der Waals surface area contributed by atoms with Crippen molar-refractivity contribution in [1.82, 2.24) is 14.7 Å². The van der Waals surface area contributed by atoms with Crippen LogP contribution in [0.1, 0.15) is 93.4 Å². The van der Waals surface area contributed by atoms with Crippen LogP contribution in [0.3, 0.4) is 0 Å². The summed E-state index contributed by atoms with van der Waals surface area (Å²) in [6.07, 6.45) is 4.36. The number of Topliss-reactive ketones (excluding diaryl/α,β-unsaturated/α-hetero) is 1. The predicted molar refractivity (Wildman–Crippen MR) is 178 cm³/mol. The van der Waals surface area contributed by atoms with E-state index in [2.05, 4.69) is 30.7 Å². The Hall–Kier alpha value is -1.14. The van der Waals surface area contributed by atoms with E-state index in [1.807, 2.05) is 32.8 Å². The van der Waals surface area contributed by atoms with E-state index < -0.39 is 41.4 Å². The van der Waals surface area contributed by atoms with Crippen LogP contribution in [0, 0.1) is 23.2 Å². The zero-order valence-electron chi connectivity index (χ0n) is 30.7. The molecule has 4 aliphatic heterocycles. The highest BCUT2D eigenvalue weighted by Crippen LogP contribution is 2.42. The fourth-order valence-electron chi connectivity index (χ4n) is 9.31. The molecule has 4 aliphatic rings. The van der Waals surface area contributed by atoms with E-state index in [0.29, 0.717) is 30.8 Å². The Labute approximate surface area is 278 Å². The highest BCUT2D eigenvalue weighted by molar-refractivity contribution is 6.04. The molecular formula is C36H65N3O7. The predicted octanol–water partition coefficient (Wildman–Crippen LogP) is 3.97. The number of nitrogens with zero attached hydrogens (tertiary/aromatic N) is 3. The fraction of sp³-hybridized carbons (Fsp3) is 0.944. The highest BCUT2D eigenvalue weighted by atomic mass is 16.7. The minimum atomic E-state index is -1.40. The molecule has 266 valence electrons. The van der Waals surface area contributed by atoms with Gasteiger partial charge in [0, 0.05) is 43.7 Å². The molecule has 2 unspecified atom stereocenters. The third kappa shape index (κ3) is 7.84. The van der Waals surface area contributed by atoms with E-state index in [9.17, 15) is 14.7 Å². The largest absolute Gasteiger partial charge is 0.463 e. The first-order chi connectivity index (χ1) is 21.5. The number of hydrogen-bond donors (Lipinski definition) is 1. The molecule has 0 aliphatic carbocycles. The molecule has 0 spiro atoms. The maximum Gasteiger partial charge on any atom is 0.319 e. The maximum absolute atomic E-state index is 14.3. The summed E-state index contributed by atoms with van der Waals surface area (Å²) in [5.41, 5.74) is -2.30. The SMILES string of the molecule is CCCN1C2CCC1CC([C@@H]1COC(=O)C(C)(C)C(=O)[C@H](C)[C@@H](O[C@@H]3O[C@H](C)C[C@H](N(C)C)[C@H]3O)[C@](C)(OC)C[C@@H](C)CN1C)C2. The van der Waals surface area contributed by atoms with Crippen LogP contribution in [-0.2, 0) is 28.5 Å². The number of hydrogen-bond acceptors (Lipinski definition) is 10. The number of carbonyl (C=O) groups excluding carboxylic acids is 2. The van der Waals surface area contributed by atoms with E-state index in [1.165, 1.54) is 19.3 Å². The summed E-state index contributed by atoms with van der Waals surface area (Å²) in [7, 11) is 7.69. The van der Waals surface area contributed by atoms with Crippen LogP contribution in [0.2, 0.25) is 0 Å². The lowest BCUT2D eigenvalue weighted by Crippen LogP contribution is -2.59. The topological polar surface area (TPSA) is 101 Å². The smallest absolute Gasteiger partial charge is 0.319 e. The number of piperidine rings is 1. The van der Waals surface area contributed by atoms with Gasteiger partial charge in [0.25, 0.3) is 0 Å². The van der Waals surface area contributed by atoms with Gasteiger partial charge in [-0.2, -0.15) is 0 Å². The number of carbonyl (C=O) groups is 2. The molecule has 0 amide bonds. The molecule has 4 fully saturated rings. The van der Waals surface area contributed by atoms with Gasteiger partial charge < -0.3 is 29.0 Å². The molecule has 4 rings (SSSR count). The van der Waals surface area contributed by atoms with Gasteiger partial charge in [-0.05, 0) is 112 Å². The van der Waals surface area contributed by atoms with E-state index in [-0.39, 0.29) is 36.5 Å². The van der Waals surface area contributed by atoms with Gasteiger partial charge in [-0.1, -0.05) is 20.8 Å². The van der Waals surface area contributed by atoms with Crippen LogP contribution in [0.15, 0.2) is 0 Å². The number of ether oxygens (including phenoxy) is 4. The zero-order valence-corrected chi connectivity index (χ0v) is 30.7. The van der Waals surface area contributed by atoms with Crippen LogP contribution < -0.4 is 0 Å². The summed E-state index contributed by atoms with van der Waals surface area (Å²) in [6, 6.07) is 1.09. The van der Waals surface area contributed by atoms with Crippen molar-refractivity contribution in [3.8, 4) is 0 Å². The van der Waals surface area contributed by atoms with Gasteiger partial charge in [0.05, 0.1) is 17.8 Å². The summed E-state index contributed by atoms with van der Waals surface area (Å²) in [6.45, 7) is 15.8. The van der Waals surface area contributed by atoms with Crippen LogP contribution in [0.5, 0.6) is 0 Å². The first-order valence-corrected chi connectivity index (χ1v) is 17.9. The Kier molecular flexibility index (Phi) is 12.4. The van der Waals surface area contributed by atoms with Gasteiger partial charge in [0.15, 0.2) is 12.1 Å². The van der Waals surface area contributed by atoms with Gasteiger partial charge in [-0.15, -0.1) is 0 Å². The number of methoxy groups -OCH3 is 1. The first kappa shape index (κ1) is 37.7. The average molecular weight is 652 g/mol. The van der Waals surface area contributed by atoms with Gasteiger partial charge in [-0.3, -0.25) is 19.4 Å². The van der Waals surface area contributed by atoms with Gasteiger partial charge >= 0.3 is 5.97 Å². The van der Waals surface area contributed by atoms with Crippen molar-refractivity contribution in [1.29, 1.82) is 0 Å². The molecule has 1 N–H and O–H groups in total. The van der Waals surface area contributed by atoms with E-state index in [1.54, 1.807) is 27.9 Å². The van der Waals surface area contributed by atoms with Crippen LogP contribution >= 0.6 is 0 Å². The summed E-state index contributed by atoms with van der Waals surface area (Å²) in [5.74, 6) is -0.915. The number of esters is 1. The Morgan fingerprint density at radius 1 is 1.04 bits per heavy atom. The normalized spacial score (nSPS) is 43.5. The molecule has 4 heterocycles. The molecule has 0 radical (unpaired) electrons. The second kappa shape index (κ2) is 15.2. The number of ketones is 1. The monoisotopic (exact) mass is 651 g/mol. The van der Waals surface area contributed by atoms with Crippen molar-refractivity contribution in [2.24, 2.45) is 23.2 Å². The summed E-state index contributed by atoms with van der Waals surface area (Å²) >= 11 is 0. The van der Waals surface area contributed by atoms with Crippen molar-refractivity contribution in [2.45, 2.75) is 148 Å². The van der Waals surface area contributed by atoms with Crippen molar-refractivity contribution < 1.29 is 33.6 Å². The Morgan fingerprint density at radius 2 is 1.67 bits per heavy atom. The first-order valence-electron chi connectivity index (χ1n) is 17.9. The Bertz CT molecular complexity index is 1030. The Balaban J connectivity index is 1.64. The average Bonchev–Trinajstić information content (AvgIpc) is 3.21. The summed E-state index contributed by atoms with van der Waals surface area (Å²) in [4.78, 5) is 35.2. The van der Waals surface area contributed by atoms with Crippen LogP contribution in [0.4, 0.5) is 0 Å². The second-order valence-corrected chi connectivity index (χ2v) is 16.2. The van der Waals surface area contributed by atoms with E-state index in [0.717, 1.165) is 25.9 Å². The minimum absolute atomic E-state index is 0.0680. The molecule has 0 aromatic rings. The molecule has 0 aromatic carbocycles. The number of rotatable bonds is 7. The number of likely N-dealkylation sites (N-methyl/N-ethyl adjacent to an activating group) is 2. The lowest BCUT2D eigenvalue weighted by atomic mass is 9.74. The molecule has 0 aromatic heterocycles. The third-order valence-corrected chi connectivity index (χ3v) is 11.9. The number of cyclic esters (lactones) is 1. The molecule has 10 nitrogen and oxygen atoms in total. The fourth-order valence-corrected chi connectivity index (χ4v) is 9.31. The molecule has 4 saturated heterocycles. The molecule has 10 heteroatoms. The standard InChI is InChI=1S/C36H65N3O7/c1-12-15-39-26-13-14-27(39)18-25(17-26)29-21-44-34(42)35(5,6)31(41)24(4)32(36(7,43-11)19-22(2)20-38(29)10)46-33-30(40)28(37(8)9)16-23(3)45-33/h22-30,32-33,40H,12-21H2,1-11H3/t22-,23-,24+,25?,26?,27?,28+,29+,30-,32-,33+,36-/m1/s1. The van der Waals surface area contributed by atoms with Crippen LogP contribution in [-0.4, -0.2) is 134 Å². The maximum atomic E-state index is 14.3. The van der Waals surface area contributed by atoms with Gasteiger partial charge in [0.2, 0.25) is 0 Å². The van der Waals surface area contributed by atoms with E-state index in [4.69, 9.17) is 18.9 Å². The molecule has 0 saturated carbocycles. The lowest BCUT2D eigenvalue weighted by molar-refractivity contribution is -0.295.